The summed E-state index contributed by atoms with van der Waals surface area (Å²) in [4.78, 5) is 7.15. The van der Waals surface area contributed by atoms with Crippen LogP contribution in [-0.4, -0.2) is 29.0 Å². The van der Waals surface area contributed by atoms with Gasteiger partial charge in [-0.05, 0) is 49.4 Å². The molecule has 4 heteroatoms. The average Bonchev–Trinajstić information content (AvgIpc) is 2.62. The molecule has 1 saturated heterocycles. The van der Waals surface area contributed by atoms with Crippen molar-refractivity contribution in [2.75, 3.05) is 18.8 Å². The van der Waals surface area contributed by atoms with Gasteiger partial charge in [0, 0.05) is 43.1 Å². The molecule has 1 fully saturated rings. The molecule has 2 heterocycles. The number of benzene rings is 1. The lowest BCUT2D eigenvalue weighted by atomic mass is 9.92. The summed E-state index contributed by atoms with van der Waals surface area (Å²) in [6.07, 6.45) is 2.34. The molecular weight excluding hydrogens is 320 g/mol. The summed E-state index contributed by atoms with van der Waals surface area (Å²) in [5.41, 5.74) is 10.6. The summed E-state index contributed by atoms with van der Waals surface area (Å²) in [5.74, 6) is 0.509. The fraction of sp³-hybridized carbons (Fsp3) is 0.500. The lowest BCUT2D eigenvalue weighted by Gasteiger charge is -2.36. The standard InChI is InChI=1S/C22H32N4/c1-16(2)22(20-9-4-5-10-21(20)23)25-18-11-13-26(14-12-18)15-19-8-6-7-17(3)24-19/h4-10,16,18,22,25H,11-15,23H2,1-3H3. The number of nitrogens with zero attached hydrogens (tertiary/aromatic N) is 2. The number of nitrogen functional groups attached to an aromatic ring is 1. The Bertz CT molecular complexity index is 705. The van der Waals surface area contributed by atoms with E-state index in [9.17, 15) is 0 Å². The Morgan fingerprint density at radius 3 is 2.50 bits per heavy atom. The van der Waals surface area contributed by atoms with Gasteiger partial charge >= 0.3 is 0 Å². The number of aryl methyl sites for hydroxylation is 1. The molecule has 1 aliphatic heterocycles. The number of aromatic nitrogens is 1. The molecule has 0 spiro atoms. The van der Waals surface area contributed by atoms with E-state index in [2.05, 4.69) is 66.3 Å². The predicted molar refractivity (Wildman–Crippen MR) is 109 cm³/mol. The number of hydrogen-bond acceptors (Lipinski definition) is 4. The highest BCUT2D eigenvalue weighted by Gasteiger charge is 2.25. The quantitative estimate of drug-likeness (QED) is 0.774. The maximum Gasteiger partial charge on any atom is 0.0547 e. The van der Waals surface area contributed by atoms with Crippen molar-refractivity contribution in [3.63, 3.8) is 0 Å². The molecule has 0 radical (unpaired) electrons. The minimum Gasteiger partial charge on any atom is -0.398 e. The topological polar surface area (TPSA) is 54.2 Å². The molecule has 0 amide bonds. The molecule has 3 N–H and O–H groups in total. The molecule has 1 atom stereocenters. The highest BCUT2D eigenvalue weighted by Crippen LogP contribution is 2.28. The number of likely N-dealkylation sites (tertiary alicyclic amines) is 1. The summed E-state index contributed by atoms with van der Waals surface area (Å²) in [6.45, 7) is 9.77. The van der Waals surface area contributed by atoms with Crippen molar-refractivity contribution in [3.05, 3.63) is 59.4 Å². The second kappa shape index (κ2) is 8.65. The molecule has 26 heavy (non-hydrogen) atoms. The van der Waals surface area contributed by atoms with E-state index in [0.29, 0.717) is 18.0 Å². The molecular formula is C22H32N4. The maximum absolute atomic E-state index is 6.23. The van der Waals surface area contributed by atoms with Gasteiger partial charge in [0.15, 0.2) is 0 Å². The molecule has 0 bridgehead atoms. The van der Waals surface area contributed by atoms with E-state index < -0.39 is 0 Å². The Balaban J connectivity index is 1.56. The molecule has 3 rings (SSSR count). The highest BCUT2D eigenvalue weighted by atomic mass is 15.1. The van der Waals surface area contributed by atoms with Crippen LogP contribution < -0.4 is 11.1 Å². The average molecular weight is 353 g/mol. The van der Waals surface area contributed by atoms with Crippen molar-refractivity contribution < 1.29 is 0 Å². The summed E-state index contributed by atoms with van der Waals surface area (Å²) < 4.78 is 0. The lowest BCUT2D eigenvalue weighted by molar-refractivity contribution is 0.176. The van der Waals surface area contributed by atoms with Crippen LogP contribution in [0.2, 0.25) is 0 Å². The number of hydrogen-bond donors (Lipinski definition) is 2. The number of piperidine rings is 1. The number of rotatable bonds is 6. The van der Waals surface area contributed by atoms with Crippen LogP contribution in [0.3, 0.4) is 0 Å². The summed E-state index contributed by atoms with van der Waals surface area (Å²) in [7, 11) is 0. The number of nitrogens with one attached hydrogen (secondary N) is 1. The summed E-state index contributed by atoms with van der Waals surface area (Å²) in [6, 6.07) is 15.4. The van der Waals surface area contributed by atoms with Crippen molar-refractivity contribution in [1.82, 2.24) is 15.2 Å². The van der Waals surface area contributed by atoms with E-state index in [4.69, 9.17) is 5.73 Å². The number of anilines is 1. The first-order valence-electron chi connectivity index (χ1n) is 9.78. The van der Waals surface area contributed by atoms with Gasteiger partial charge in [0.1, 0.15) is 0 Å². The van der Waals surface area contributed by atoms with Crippen LogP contribution >= 0.6 is 0 Å². The van der Waals surface area contributed by atoms with E-state index in [1.54, 1.807) is 0 Å². The van der Waals surface area contributed by atoms with Gasteiger partial charge < -0.3 is 11.1 Å². The minimum absolute atomic E-state index is 0.311. The van der Waals surface area contributed by atoms with Crippen LogP contribution in [0.1, 0.15) is 49.7 Å². The summed E-state index contributed by atoms with van der Waals surface area (Å²) >= 11 is 0. The van der Waals surface area contributed by atoms with E-state index in [1.165, 1.54) is 24.1 Å². The third-order valence-electron chi connectivity index (χ3n) is 5.33. The Labute approximate surface area is 157 Å². The first kappa shape index (κ1) is 18.9. The van der Waals surface area contributed by atoms with Gasteiger partial charge in [-0.25, -0.2) is 0 Å². The van der Waals surface area contributed by atoms with E-state index >= 15 is 0 Å². The van der Waals surface area contributed by atoms with Crippen LogP contribution in [0.4, 0.5) is 5.69 Å². The molecule has 0 aliphatic carbocycles. The monoisotopic (exact) mass is 352 g/mol. The molecule has 4 nitrogen and oxygen atoms in total. The maximum atomic E-state index is 6.23. The third kappa shape index (κ3) is 4.83. The van der Waals surface area contributed by atoms with Crippen molar-refractivity contribution in [1.29, 1.82) is 0 Å². The molecule has 1 aromatic carbocycles. The largest absolute Gasteiger partial charge is 0.398 e. The minimum atomic E-state index is 0.311. The van der Waals surface area contributed by atoms with Gasteiger partial charge in [0.05, 0.1) is 5.69 Å². The fourth-order valence-corrected chi connectivity index (χ4v) is 3.86. The Kier molecular flexibility index (Phi) is 6.28. The van der Waals surface area contributed by atoms with Gasteiger partial charge in [-0.3, -0.25) is 9.88 Å². The van der Waals surface area contributed by atoms with Crippen LogP contribution in [0.5, 0.6) is 0 Å². The van der Waals surface area contributed by atoms with Crippen LogP contribution in [-0.2, 0) is 6.54 Å². The molecule has 1 aromatic heterocycles. The molecule has 0 saturated carbocycles. The van der Waals surface area contributed by atoms with Gasteiger partial charge in [-0.15, -0.1) is 0 Å². The zero-order valence-electron chi connectivity index (χ0n) is 16.3. The molecule has 140 valence electrons. The summed E-state index contributed by atoms with van der Waals surface area (Å²) in [5, 5.41) is 3.88. The van der Waals surface area contributed by atoms with Gasteiger partial charge in [-0.1, -0.05) is 38.1 Å². The third-order valence-corrected chi connectivity index (χ3v) is 5.33. The normalized spacial score (nSPS) is 17.5. The second-order valence-electron chi connectivity index (χ2n) is 7.84. The number of pyridine rings is 1. The van der Waals surface area contributed by atoms with Crippen LogP contribution in [0.25, 0.3) is 0 Å². The first-order chi connectivity index (χ1) is 12.5. The lowest BCUT2D eigenvalue weighted by Crippen LogP contribution is -2.44. The number of para-hydroxylation sites is 1. The second-order valence-corrected chi connectivity index (χ2v) is 7.84. The molecule has 1 aliphatic rings. The van der Waals surface area contributed by atoms with Gasteiger partial charge in [0.2, 0.25) is 0 Å². The Morgan fingerprint density at radius 2 is 1.85 bits per heavy atom. The predicted octanol–water partition coefficient (Wildman–Crippen LogP) is 3.92. The van der Waals surface area contributed by atoms with Gasteiger partial charge in [0.25, 0.3) is 0 Å². The zero-order chi connectivity index (χ0) is 18.5. The van der Waals surface area contributed by atoms with Crippen LogP contribution in [0.15, 0.2) is 42.5 Å². The van der Waals surface area contributed by atoms with Gasteiger partial charge in [-0.2, -0.15) is 0 Å². The number of nitrogens with two attached hydrogens (primary N) is 1. The van der Waals surface area contributed by atoms with Crippen molar-refractivity contribution >= 4 is 5.69 Å². The Hall–Kier alpha value is -1.91. The first-order valence-corrected chi connectivity index (χ1v) is 9.78. The highest BCUT2D eigenvalue weighted by molar-refractivity contribution is 5.48. The molecule has 2 aromatic rings. The van der Waals surface area contributed by atoms with E-state index in [1.807, 2.05) is 12.1 Å². The fourth-order valence-electron chi connectivity index (χ4n) is 3.86. The van der Waals surface area contributed by atoms with E-state index in [-0.39, 0.29) is 0 Å². The van der Waals surface area contributed by atoms with Crippen molar-refractivity contribution in [3.8, 4) is 0 Å². The van der Waals surface area contributed by atoms with Crippen molar-refractivity contribution in [2.24, 2.45) is 5.92 Å². The van der Waals surface area contributed by atoms with Crippen molar-refractivity contribution in [2.45, 2.75) is 52.2 Å². The van der Waals surface area contributed by atoms with Crippen LogP contribution in [0, 0.1) is 12.8 Å². The Morgan fingerprint density at radius 1 is 1.12 bits per heavy atom. The smallest absolute Gasteiger partial charge is 0.0547 e. The zero-order valence-corrected chi connectivity index (χ0v) is 16.3. The SMILES string of the molecule is Cc1cccc(CN2CCC(NC(c3ccccc3N)C(C)C)CC2)n1. The molecule has 1 unspecified atom stereocenters. The van der Waals surface area contributed by atoms with E-state index in [0.717, 1.165) is 31.0 Å².